The fourth-order valence-electron chi connectivity index (χ4n) is 3.54. The second-order valence-corrected chi connectivity index (χ2v) is 12.6. The summed E-state index contributed by atoms with van der Waals surface area (Å²) < 4.78 is 55.7. The van der Waals surface area contributed by atoms with Gasteiger partial charge in [0.1, 0.15) is 11.8 Å². The molecule has 0 unspecified atom stereocenters. The Morgan fingerprint density at radius 2 is 1.72 bits per heavy atom. The minimum Gasteiger partial charge on any atom is -0.433 e. The van der Waals surface area contributed by atoms with Crippen molar-refractivity contribution in [3.05, 3.63) is 47.5 Å². The average molecular weight is 530 g/mol. The molecule has 3 aromatic rings. The molecular weight excluding hydrogens is 506 g/mol. The lowest BCUT2D eigenvalue weighted by molar-refractivity contribution is 0.451. The Kier molecular flexibility index (Phi) is 6.54. The molecule has 0 aromatic carbocycles. The molecule has 1 fully saturated rings. The molecule has 1 N–H and O–H groups in total. The predicted molar refractivity (Wildman–Crippen MR) is 133 cm³/mol. The molecule has 0 aliphatic carbocycles. The first-order valence-electron chi connectivity index (χ1n) is 10.7. The fourth-order valence-corrected chi connectivity index (χ4v) is 5.00. The average Bonchev–Trinajstić information content (AvgIpc) is 2.74. The summed E-state index contributed by atoms with van der Waals surface area (Å²) in [5, 5.41) is 8.71. The van der Waals surface area contributed by atoms with Gasteiger partial charge in [-0.05, 0) is 32.0 Å². The van der Waals surface area contributed by atoms with Gasteiger partial charge in [0.25, 0.3) is 0 Å². The number of sulfone groups is 1. The van der Waals surface area contributed by atoms with Crippen molar-refractivity contribution in [3.8, 4) is 29.0 Å². The third kappa shape index (κ3) is 5.52. The van der Waals surface area contributed by atoms with Crippen LogP contribution in [-0.4, -0.2) is 67.6 Å². The maximum absolute atomic E-state index is 11.9. The van der Waals surface area contributed by atoms with Crippen LogP contribution in [0.4, 0.5) is 11.6 Å². The topological polar surface area (TPSA) is 168 Å². The molecule has 14 heteroatoms. The number of hydrogen-bond acceptors (Lipinski definition) is 11. The third-order valence-electron chi connectivity index (χ3n) is 5.45. The Morgan fingerprint density at radius 1 is 1.06 bits per heavy atom. The van der Waals surface area contributed by atoms with Crippen LogP contribution in [0.15, 0.2) is 30.6 Å². The highest BCUT2D eigenvalue weighted by Crippen LogP contribution is 2.35. The summed E-state index contributed by atoms with van der Waals surface area (Å²) >= 11 is 0. The Bertz CT molecular complexity index is 1570. The van der Waals surface area contributed by atoms with Gasteiger partial charge >= 0.3 is 0 Å². The zero-order valence-corrected chi connectivity index (χ0v) is 21.6. The largest absolute Gasteiger partial charge is 0.433 e. The number of nitriles is 1. The summed E-state index contributed by atoms with van der Waals surface area (Å²) in [6.07, 6.45) is 5.17. The third-order valence-corrected chi connectivity index (χ3v) is 7.55. The first-order valence-corrected chi connectivity index (χ1v) is 14.5. The van der Waals surface area contributed by atoms with E-state index in [2.05, 4.69) is 24.7 Å². The number of aryl methyl sites for hydroxylation is 2. The van der Waals surface area contributed by atoms with Gasteiger partial charge in [-0.2, -0.15) is 5.26 Å². The van der Waals surface area contributed by atoms with E-state index in [1.807, 2.05) is 6.07 Å². The van der Waals surface area contributed by atoms with Crippen LogP contribution in [-0.2, 0) is 19.9 Å². The van der Waals surface area contributed by atoms with Crippen molar-refractivity contribution >= 4 is 31.5 Å². The molecule has 1 aliphatic heterocycles. The number of pyridine rings is 2. The molecule has 1 aliphatic rings. The van der Waals surface area contributed by atoms with Gasteiger partial charge in [0, 0.05) is 37.3 Å². The molecular formula is C22H23N7O5S2. The minimum atomic E-state index is -3.64. The summed E-state index contributed by atoms with van der Waals surface area (Å²) in [7, 11) is -6.78. The van der Waals surface area contributed by atoms with E-state index < -0.39 is 25.1 Å². The van der Waals surface area contributed by atoms with Gasteiger partial charge in [-0.15, -0.1) is 0 Å². The normalized spacial score (nSPS) is 14.1. The molecule has 0 amide bonds. The van der Waals surface area contributed by atoms with Gasteiger partial charge in [-0.3, -0.25) is 9.71 Å². The lowest BCUT2D eigenvalue weighted by Gasteiger charge is -2.38. The smallest absolute Gasteiger partial charge is 0.244 e. The van der Waals surface area contributed by atoms with Gasteiger partial charge in [0.15, 0.2) is 15.6 Å². The molecule has 36 heavy (non-hydrogen) atoms. The molecule has 0 saturated carbocycles. The van der Waals surface area contributed by atoms with Crippen molar-refractivity contribution in [3.63, 3.8) is 0 Å². The molecule has 0 atom stereocenters. The van der Waals surface area contributed by atoms with E-state index in [1.165, 1.54) is 24.7 Å². The number of nitrogens with one attached hydrogen (secondary N) is 1. The molecule has 4 rings (SSSR count). The SMILES string of the molecule is Cc1nc(N2CC(S(C)(=O)=O)C2)nc(C)c1Oc1nc(-c2cncc(C#N)c2)ccc1NS(C)(=O)=O. The molecule has 0 bridgehead atoms. The highest BCUT2D eigenvalue weighted by molar-refractivity contribution is 7.92. The number of hydrogen-bond donors (Lipinski definition) is 1. The summed E-state index contributed by atoms with van der Waals surface area (Å²) in [5.74, 6) is 0.626. The van der Waals surface area contributed by atoms with Crippen molar-refractivity contribution in [2.45, 2.75) is 19.1 Å². The number of rotatable bonds is 7. The van der Waals surface area contributed by atoms with Crippen LogP contribution in [0.25, 0.3) is 11.3 Å². The van der Waals surface area contributed by atoms with E-state index in [1.54, 1.807) is 30.9 Å². The highest BCUT2D eigenvalue weighted by atomic mass is 32.2. The van der Waals surface area contributed by atoms with E-state index >= 15 is 0 Å². The lowest BCUT2D eigenvalue weighted by atomic mass is 10.1. The zero-order valence-electron chi connectivity index (χ0n) is 19.9. The first-order chi connectivity index (χ1) is 16.8. The Balaban J connectivity index is 1.69. The maximum Gasteiger partial charge on any atom is 0.244 e. The van der Waals surface area contributed by atoms with Crippen LogP contribution in [0.2, 0.25) is 0 Å². The van der Waals surface area contributed by atoms with E-state index in [0.29, 0.717) is 47.2 Å². The Labute approximate surface area is 209 Å². The molecule has 0 spiro atoms. The highest BCUT2D eigenvalue weighted by Gasteiger charge is 2.36. The summed E-state index contributed by atoms with van der Waals surface area (Å²) in [4.78, 5) is 19.2. The van der Waals surface area contributed by atoms with E-state index in [-0.39, 0.29) is 17.3 Å². The predicted octanol–water partition coefficient (Wildman–Crippen LogP) is 1.82. The van der Waals surface area contributed by atoms with Crippen LogP contribution >= 0.6 is 0 Å². The molecule has 4 heterocycles. The second kappa shape index (κ2) is 9.32. The van der Waals surface area contributed by atoms with Crippen LogP contribution in [0.1, 0.15) is 17.0 Å². The van der Waals surface area contributed by atoms with Crippen LogP contribution < -0.4 is 14.4 Å². The second-order valence-electron chi connectivity index (χ2n) is 8.48. The summed E-state index contributed by atoms with van der Waals surface area (Å²) in [5.41, 5.74) is 2.33. The van der Waals surface area contributed by atoms with Gasteiger partial charge in [0.2, 0.25) is 21.9 Å². The molecule has 3 aromatic heterocycles. The van der Waals surface area contributed by atoms with Gasteiger partial charge < -0.3 is 9.64 Å². The maximum atomic E-state index is 11.9. The zero-order chi connectivity index (χ0) is 26.3. The minimum absolute atomic E-state index is 0.0380. The number of nitrogens with zero attached hydrogens (tertiary/aromatic N) is 6. The van der Waals surface area contributed by atoms with Crippen LogP contribution in [0.5, 0.6) is 11.6 Å². The number of anilines is 2. The molecule has 1 saturated heterocycles. The molecule has 188 valence electrons. The summed E-state index contributed by atoms with van der Waals surface area (Å²) in [6.45, 7) is 4.02. The van der Waals surface area contributed by atoms with Crippen LogP contribution in [0, 0.1) is 25.2 Å². The Morgan fingerprint density at radius 3 is 2.31 bits per heavy atom. The van der Waals surface area contributed by atoms with Crippen LogP contribution in [0.3, 0.4) is 0 Å². The first kappa shape index (κ1) is 25.3. The van der Waals surface area contributed by atoms with E-state index in [4.69, 9.17) is 10.00 Å². The lowest BCUT2D eigenvalue weighted by Crippen LogP contribution is -2.55. The van der Waals surface area contributed by atoms with E-state index in [9.17, 15) is 16.8 Å². The molecule has 12 nitrogen and oxygen atoms in total. The standard InChI is InChI=1S/C22H23N7O5S2/c1-13-20(14(2)26-22(25-13)29-11-17(12-29)35(3,30)31)34-21-19(28-36(4,32)33)6-5-18(27-21)16-7-15(8-23)9-24-10-16/h5-7,9-10,17,28H,11-12H2,1-4H3. The fraction of sp³-hybridized carbons (Fsp3) is 0.318. The monoisotopic (exact) mass is 529 g/mol. The van der Waals surface area contributed by atoms with Gasteiger partial charge in [0.05, 0.1) is 34.2 Å². The van der Waals surface area contributed by atoms with Crippen molar-refractivity contribution in [2.75, 3.05) is 35.2 Å². The number of ether oxygens (including phenoxy) is 1. The van der Waals surface area contributed by atoms with Crippen molar-refractivity contribution < 1.29 is 21.6 Å². The van der Waals surface area contributed by atoms with Crippen molar-refractivity contribution in [1.82, 2.24) is 19.9 Å². The van der Waals surface area contributed by atoms with Gasteiger partial charge in [-0.1, -0.05) is 0 Å². The van der Waals surface area contributed by atoms with Crippen molar-refractivity contribution in [1.29, 1.82) is 5.26 Å². The van der Waals surface area contributed by atoms with Gasteiger partial charge in [-0.25, -0.2) is 31.8 Å². The molecule has 0 radical (unpaired) electrons. The van der Waals surface area contributed by atoms with Crippen molar-refractivity contribution in [2.24, 2.45) is 0 Å². The summed E-state index contributed by atoms with van der Waals surface area (Å²) in [6, 6.07) is 6.71. The number of sulfonamides is 1. The Hall–Kier alpha value is -3.83. The quantitative estimate of drug-likeness (QED) is 0.474. The number of aromatic nitrogens is 4. The van der Waals surface area contributed by atoms with E-state index in [0.717, 1.165) is 6.26 Å².